The van der Waals surface area contributed by atoms with E-state index in [0.717, 1.165) is 24.4 Å². The summed E-state index contributed by atoms with van der Waals surface area (Å²) < 4.78 is 78.7. The Hall–Kier alpha value is -3.10. The van der Waals surface area contributed by atoms with Crippen molar-refractivity contribution in [3.63, 3.8) is 0 Å². The Morgan fingerprint density at radius 1 is 1.21 bits per heavy atom. The number of methoxy groups -OCH3 is 1. The van der Waals surface area contributed by atoms with Gasteiger partial charge in [0.05, 0.1) is 43.0 Å². The molecule has 0 spiro atoms. The molecule has 1 unspecified atom stereocenters. The van der Waals surface area contributed by atoms with Crippen LogP contribution in [0.5, 0.6) is 0 Å². The number of nitrogens with zero attached hydrogens (tertiary/aromatic N) is 2. The highest BCUT2D eigenvalue weighted by Crippen LogP contribution is 2.40. The zero-order valence-corrected chi connectivity index (χ0v) is 21.8. The van der Waals surface area contributed by atoms with Gasteiger partial charge in [0.15, 0.2) is 5.58 Å². The van der Waals surface area contributed by atoms with Crippen LogP contribution in [0.15, 0.2) is 56.7 Å². The molecule has 2 heterocycles. The lowest BCUT2D eigenvalue weighted by atomic mass is 10.0. The van der Waals surface area contributed by atoms with Crippen molar-refractivity contribution in [3.05, 3.63) is 85.6 Å². The number of anilines is 1. The normalized spacial score (nSPS) is 13.2. The molecule has 0 bridgehead atoms. The van der Waals surface area contributed by atoms with E-state index in [1.165, 1.54) is 26.2 Å². The number of aliphatic hydroxyl groups is 1. The van der Waals surface area contributed by atoms with Crippen molar-refractivity contribution in [3.8, 4) is 0 Å². The van der Waals surface area contributed by atoms with Crippen LogP contribution in [0.4, 0.5) is 18.9 Å². The van der Waals surface area contributed by atoms with Crippen LogP contribution >= 0.6 is 23.2 Å². The summed E-state index contributed by atoms with van der Waals surface area (Å²) in [5.74, 6) is -0.830. The number of sulfonamides is 1. The summed E-state index contributed by atoms with van der Waals surface area (Å²) in [5.41, 5.74) is -1.95. The minimum Gasteiger partial charge on any atom is -0.407 e. The topological polar surface area (TPSA) is 126 Å². The Kier molecular flexibility index (Phi) is 7.51. The van der Waals surface area contributed by atoms with Gasteiger partial charge in [0.2, 0.25) is 0 Å². The summed E-state index contributed by atoms with van der Waals surface area (Å²) in [4.78, 5) is 17.6. The van der Waals surface area contributed by atoms with E-state index in [0.29, 0.717) is 10.4 Å². The van der Waals surface area contributed by atoms with Crippen LogP contribution in [-0.2, 0) is 20.9 Å². The molecule has 0 amide bonds. The summed E-state index contributed by atoms with van der Waals surface area (Å²) in [6, 6.07) is 6.51. The second-order valence-corrected chi connectivity index (χ2v) is 10.8. The molecular formula is C23H18Cl2F3N3O6S. The van der Waals surface area contributed by atoms with Crippen LogP contribution in [0.25, 0.3) is 11.1 Å². The number of benzene rings is 2. The number of aromatic nitrogens is 2. The summed E-state index contributed by atoms with van der Waals surface area (Å²) in [7, 11) is -3.57. The number of aryl methyl sites for hydroxylation is 1. The van der Waals surface area contributed by atoms with E-state index in [-0.39, 0.29) is 43.7 Å². The smallest absolute Gasteiger partial charge is 0.407 e. The fourth-order valence-corrected chi connectivity index (χ4v) is 5.65. The Labute approximate surface area is 223 Å². The molecule has 0 fully saturated rings. The lowest BCUT2D eigenvalue weighted by molar-refractivity contribution is -0.138. The Balaban J connectivity index is 1.92. The maximum absolute atomic E-state index is 13.7. The van der Waals surface area contributed by atoms with Crippen molar-refractivity contribution in [1.29, 1.82) is 0 Å². The van der Waals surface area contributed by atoms with Crippen LogP contribution in [0.1, 0.15) is 28.5 Å². The number of pyridine rings is 1. The Morgan fingerprint density at radius 2 is 1.92 bits per heavy atom. The molecular weight excluding hydrogens is 574 g/mol. The number of oxazole rings is 1. The van der Waals surface area contributed by atoms with Crippen molar-refractivity contribution < 1.29 is 35.8 Å². The van der Waals surface area contributed by atoms with Crippen LogP contribution in [0.2, 0.25) is 10.0 Å². The largest absolute Gasteiger partial charge is 0.417 e. The standard InChI is InChI=1S/C23H18Cl2F3N3O6S/c1-11-3-4-13(8-14(11)23(26,27)28)38(34,35)31(10-36-2)17-7-12(24)9-29-19(17)20(32)18-15(25)5-6-16-21(18)37-22(33)30-16/h3-9,20,32H,10H2,1-2H3,(H,30,33). The van der Waals surface area contributed by atoms with Gasteiger partial charge >= 0.3 is 11.9 Å². The molecule has 0 aliphatic rings. The number of ether oxygens (including phenoxy) is 1. The minimum absolute atomic E-state index is 0.0371. The van der Waals surface area contributed by atoms with E-state index in [2.05, 4.69) is 9.97 Å². The molecule has 15 heteroatoms. The highest BCUT2D eigenvalue weighted by Gasteiger charge is 2.36. The molecule has 2 N–H and O–H groups in total. The van der Waals surface area contributed by atoms with Gasteiger partial charge in [-0.2, -0.15) is 13.2 Å². The fraction of sp³-hybridized carbons (Fsp3) is 0.217. The quantitative estimate of drug-likeness (QED) is 0.289. The molecule has 2 aromatic heterocycles. The maximum atomic E-state index is 13.7. The molecule has 9 nitrogen and oxygen atoms in total. The first-order chi connectivity index (χ1) is 17.8. The van der Waals surface area contributed by atoms with E-state index in [1.54, 1.807) is 0 Å². The van der Waals surface area contributed by atoms with Gasteiger partial charge in [-0.1, -0.05) is 29.3 Å². The van der Waals surface area contributed by atoms with Crippen molar-refractivity contribution >= 4 is 50.0 Å². The number of aliphatic hydroxyl groups excluding tert-OH is 1. The van der Waals surface area contributed by atoms with Gasteiger partial charge in [0, 0.05) is 13.3 Å². The van der Waals surface area contributed by atoms with Gasteiger partial charge in [-0.05, 0) is 42.8 Å². The Morgan fingerprint density at radius 3 is 2.58 bits per heavy atom. The molecule has 0 saturated heterocycles. The number of hydrogen-bond acceptors (Lipinski definition) is 7. The first-order valence-corrected chi connectivity index (χ1v) is 12.8. The van der Waals surface area contributed by atoms with E-state index < -0.39 is 45.2 Å². The first-order valence-electron chi connectivity index (χ1n) is 10.6. The number of alkyl halides is 3. The third-order valence-electron chi connectivity index (χ3n) is 5.59. The summed E-state index contributed by atoms with van der Waals surface area (Å²) in [6.07, 6.45) is -5.46. The zero-order chi connectivity index (χ0) is 28.0. The minimum atomic E-state index is -4.81. The molecule has 0 saturated carbocycles. The third kappa shape index (κ3) is 5.12. The molecule has 38 heavy (non-hydrogen) atoms. The predicted molar refractivity (Wildman–Crippen MR) is 133 cm³/mol. The average molecular weight is 592 g/mol. The van der Waals surface area contributed by atoms with Gasteiger partial charge in [-0.15, -0.1) is 0 Å². The van der Waals surface area contributed by atoms with Gasteiger partial charge < -0.3 is 14.3 Å². The lowest BCUT2D eigenvalue weighted by Crippen LogP contribution is -2.34. The maximum Gasteiger partial charge on any atom is 0.417 e. The van der Waals surface area contributed by atoms with E-state index in [4.69, 9.17) is 32.4 Å². The van der Waals surface area contributed by atoms with Crippen LogP contribution < -0.4 is 10.1 Å². The van der Waals surface area contributed by atoms with Crippen LogP contribution in [0, 0.1) is 6.92 Å². The molecule has 4 rings (SSSR count). The summed E-state index contributed by atoms with van der Waals surface area (Å²) in [6.45, 7) is 0.516. The van der Waals surface area contributed by atoms with Crippen molar-refractivity contribution in [2.24, 2.45) is 0 Å². The summed E-state index contributed by atoms with van der Waals surface area (Å²) >= 11 is 12.4. The van der Waals surface area contributed by atoms with Gasteiger partial charge in [0.1, 0.15) is 12.8 Å². The first kappa shape index (κ1) is 27.9. The molecule has 0 radical (unpaired) electrons. The second-order valence-electron chi connectivity index (χ2n) is 8.06. The van der Waals surface area contributed by atoms with E-state index in [1.807, 2.05) is 0 Å². The number of halogens is 5. The van der Waals surface area contributed by atoms with E-state index >= 15 is 0 Å². The average Bonchev–Trinajstić information content (AvgIpc) is 3.21. The number of rotatable bonds is 7. The van der Waals surface area contributed by atoms with Gasteiger partial charge in [-0.3, -0.25) is 9.97 Å². The van der Waals surface area contributed by atoms with Gasteiger partial charge in [-0.25, -0.2) is 17.5 Å². The highest BCUT2D eigenvalue weighted by atomic mass is 35.5. The zero-order valence-electron chi connectivity index (χ0n) is 19.5. The van der Waals surface area contributed by atoms with Crippen molar-refractivity contribution in [2.45, 2.75) is 24.1 Å². The molecule has 0 aliphatic heterocycles. The molecule has 0 aliphatic carbocycles. The van der Waals surface area contributed by atoms with Gasteiger partial charge in [0.25, 0.3) is 10.0 Å². The molecule has 202 valence electrons. The Bertz CT molecular complexity index is 1690. The number of H-pyrrole nitrogens is 1. The third-order valence-corrected chi connectivity index (χ3v) is 7.86. The van der Waals surface area contributed by atoms with Crippen molar-refractivity contribution in [2.75, 3.05) is 18.1 Å². The number of fused-ring (bicyclic) bond motifs is 1. The SMILES string of the molecule is COCN(c1cc(Cl)cnc1C(O)c1c(Cl)ccc2[nH]c(=O)oc12)S(=O)(=O)c1ccc(C)c(C(F)(F)F)c1. The van der Waals surface area contributed by atoms with Crippen molar-refractivity contribution in [1.82, 2.24) is 9.97 Å². The molecule has 2 aromatic carbocycles. The number of nitrogens with one attached hydrogen (secondary N) is 1. The lowest BCUT2D eigenvalue weighted by Gasteiger charge is -2.27. The molecule has 1 atom stereocenters. The fourth-order valence-electron chi connectivity index (χ4n) is 3.83. The number of hydrogen-bond donors (Lipinski definition) is 2. The second kappa shape index (κ2) is 10.2. The number of aromatic amines is 1. The predicted octanol–water partition coefficient (Wildman–Crippen LogP) is 5.03. The monoisotopic (exact) mass is 591 g/mol. The summed E-state index contributed by atoms with van der Waals surface area (Å²) in [5, 5.41) is 11.2. The van der Waals surface area contributed by atoms with Crippen LogP contribution in [0.3, 0.4) is 0 Å². The van der Waals surface area contributed by atoms with E-state index in [9.17, 15) is 31.5 Å². The molecule has 4 aromatic rings. The highest BCUT2D eigenvalue weighted by molar-refractivity contribution is 7.92. The van der Waals surface area contributed by atoms with Crippen LogP contribution in [-0.4, -0.2) is 37.3 Å².